The summed E-state index contributed by atoms with van der Waals surface area (Å²) in [5.41, 5.74) is 0. The van der Waals surface area contributed by atoms with Crippen molar-refractivity contribution in [3.63, 3.8) is 0 Å². The van der Waals surface area contributed by atoms with Gasteiger partial charge in [-0.15, -0.1) is 0 Å². The molecule has 19 heavy (non-hydrogen) atoms. The summed E-state index contributed by atoms with van der Waals surface area (Å²) in [6.07, 6.45) is 2.81. The lowest BCUT2D eigenvalue weighted by Crippen LogP contribution is -2.39. The minimum absolute atomic E-state index is 0.140. The molecule has 2 unspecified atom stereocenters. The number of hydrogen-bond acceptors (Lipinski definition) is 4. The highest BCUT2D eigenvalue weighted by molar-refractivity contribution is 5.79. The van der Waals surface area contributed by atoms with E-state index in [4.69, 9.17) is 0 Å². The van der Waals surface area contributed by atoms with Crippen LogP contribution in [0.3, 0.4) is 0 Å². The molecule has 0 aliphatic carbocycles. The second-order valence-corrected chi connectivity index (χ2v) is 6.20. The van der Waals surface area contributed by atoms with Gasteiger partial charge in [-0.3, -0.25) is 4.79 Å². The third-order valence-electron chi connectivity index (χ3n) is 4.26. The number of carbonyl (C=O) groups excluding carboxylic acids is 1. The Kier molecular flexibility index (Phi) is 5.19. The first kappa shape index (κ1) is 14.8. The third kappa shape index (κ3) is 3.91. The van der Waals surface area contributed by atoms with Crippen LogP contribution < -0.4 is 0 Å². The molecule has 0 aromatic rings. The van der Waals surface area contributed by atoms with Gasteiger partial charge < -0.3 is 19.8 Å². The highest BCUT2D eigenvalue weighted by atomic mass is 16.3. The molecule has 5 nitrogen and oxygen atoms in total. The van der Waals surface area contributed by atoms with Crippen molar-refractivity contribution in [2.45, 2.75) is 25.3 Å². The van der Waals surface area contributed by atoms with Crippen LogP contribution in [0.5, 0.6) is 0 Å². The van der Waals surface area contributed by atoms with Crippen molar-refractivity contribution in [3.05, 3.63) is 0 Å². The molecule has 1 amide bonds. The number of nitrogens with zero attached hydrogens (tertiary/aromatic N) is 3. The van der Waals surface area contributed by atoms with Crippen LogP contribution >= 0.6 is 0 Å². The van der Waals surface area contributed by atoms with E-state index in [1.165, 1.54) is 6.42 Å². The Labute approximate surface area is 116 Å². The van der Waals surface area contributed by atoms with E-state index in [1.807, 2.05) is 4.90 Å². The fourth-order valence-corrected chi connectivity index (χ4v) is 3.16. The Morgan fingerprint density at radius 3 is 2.79 bits per heavy atom. The number of amides is 1. The van der Waals surface area contributed by atoms with E-state index in [0.717, 1.165) is 39.1 Å². The van der Waals surface area contributed by atoms with Gasteiger partial charge in [0, 0.05) is 44.6 Å². The molecule has 2 aliphatic rings. The van der Waals surface area contributed by atoms with Crippen molar-refractivity contribution in [1.82, 2.24) is 14.7 Å². The van der Waals surface area contributed by atoms with Crippen LogP contribution in [0.25, 0.3) is 0 Å². The van der Waals surface area contributed by atoms with Gasteiger partial charge in [-0.05, 0) is 40.0 Å². The second kappa shape index (κ2) is 6.68. The molecule has 0 aromatic carbocycles. The van der Waals surface area contributed by atoms with Crippen molar-refractivity contribution in [1.29, 1.82) is 0 Å². The van der Waals surface area contributed by atoms with Crippen LogP contribution in [0.2, 0.25) is 0 Å². The zero-order valence-electron chi connectivity index (χ0n) is 12.2. The topological polar surface area (TPSA) is 47.0 Å². The van der Waals surface area contributed by atoms with Crippen molar-refractivity contribution < 1.29 is 9.90 Å². The quantitative estimate of drug-likeness (QED) is 0.729. The summed E-state index contributed by atoms with van der Waals surface area (Å²) in [5, 5.41) is 9.17. The number of hydrogen-bond donors (Lipinski definition) is 1. The van der Waals surface area contributed by atoms with Gasteiger partial charge in [0.15, 0.2) is 0 Å². The summed E-state index contributed by atoms with van der Waals surface area (Å²) in [6.45, 7) is 5.26. The van der Waals surface area contributed by atoms with Gasteiger partial charge in [0.1, 0.15) is 0 Å². The van der Waals surface area contributed by atoms with Gasteiger partial charge >= 0.3 is 0 Å². The van der Waals surface area contributed by atoms with Crippen LogP contribution in [0.4, 0.5) is 0 Å². The Morgan fingerprint density at radius 2 is 2.16 bits per heavy atom. The maximum absolute atomic E-state index is 11.9. The zero-order chi connectivity index (χ0) is 13.8. The number of likely N-dealkylation sites (tertiary alicyclic amines) is 2. The molecule has 0 radical (unpaired) electrons. The van der Waals surface area contributed by atoms with Gasteiger partial charge in [-0.1, -0.05) is 0 Å². The van der Waals surface area contributed by atoms with Gasteiger partial charge in [0.25, 0.3) is 0 Å². The molecule has 110 valence electrons. The fourth-order valence-electron chi connectivity index (χ4n) is 3.16. The maximum Gasteiger partial charge on any atom is 0.223 e. The van der Waals surface area contributed by atoms with Crippen molar-refractivity contribution >= 4 is 5.91 Å². The second-order valence-electron chi connectivity index (χ2n) is 6.20. The molecule has 1 N–H and O–H groups in total. The molecule has 2 saturated heterocycles. The summed E-state index contributed by atoms with van der Waals surface area (Å²) in [7, 11) is 4.20. The standard InChI is InChI=1S/C14H27N3O2/c1-15(2)5-3-6-16-7-4-13(10-16)17-9-12(11-18)8-14(17)19/h12-13,18H,3-11H2,1-2H3. The van der Waals surface area contributed by atoms with E-state index in [2.05, 4.69) is 23.9 Å². The predicted molar refractivity (Wildman–Crippen MR) is 74.9 cm³/mol. The molecule has 2 aliphatic heterocycles. The average molecular weight is 269 g/mol. The van der Waals surface area contributed by atoms with E-state index in [-0.39, 0.29) is 18.4 Å². The summed E-state index contributed by atoms with van der Waals surface area (Å²) < 4.78 is 0. The van der Waals surface area contributed by atoms with E-state index < -0.39 is 0 Å². The highest BCUT2D eigenvalue weighted by Gasteiger charge is 2.36. The van der Waals surface area contributed by atoms with E-state index in [9.17, 15) is 9.90 Å². The molecule has 2 rings (SSSR count). The molecule has 5 heteroatoms. The molecule has 0 saturated carbocycles. The molecular weight excluding hydrogens is 242 g/mol. The van der Waals surface area contributed by atoms with Crippen LogP contribution in [0.15, 0.2) is 0 Å². The largest absolute Gasteiger partial charge is 0.396 e. The first-order valence-electron chi connectivity index (χ1n) is 7.37. The molecular formula is C14H27N3O2. The minimum Gasteiger partial charge on any atom is -0.396 e. The smallest absolute Gasteiger partial charge is 0.223 e. The zero-order valence-corrected chi connectivity index (χ0v) is 12.2. The van der Waals surface area contributed by atoms with Crippen LogP contribution in [0.1, 0.15) is 19.3 Å². The monoisotopic (exact) mass is 269 g/mol. The van der Waals surface area contributed by atoms with Crippen LogP contribution in [0, 0.1) is 5.92 Å². The number of rotatable bonds is 6. The van der Waals surface area contributed by atoms with Gasteiger partial charge in [-0.25, -0.2) is 0 Å². The lowest BCUT2D eigenvalue weighted by atomic mass is 10.1. The first-order chi connectivity index (χ1) is 9.10. The molecule has 0 bridgehead atoms. The predicted octanol–water partition coefficient (Wildman–Crippen LogP) is -0.147. The van der Waals surface area contributed by atoms with E-state index in [0.29, 0.717) is 12.5 Å². The van der Waals surface area contributed by atoms with Crippen LogP contribution in [-0.2, 0) is 4.79 Å². The van der Waals surface area contributed by atoms with Crippen molar-refractivity contribution in [2.24, 2.45) is 5.92 Å². The Hall–Kier alpha value is -0.650. The molecule has 2 atom stereocenters. The minimum atomic E-state index is 0.140. The van der Waals surface area contributed by atoms with Gasteiger partial charge in [0.05, 0.1) is 0 Å². The molecule has 2 heterocycles. The van der Waals surface area contributed by atoms with E-state index in [1.54, 1.807) is 0 Å². The molecule has 0 aromatic heterocycles. The van der Waals surface area contributed by atoms with Crippen LogP contribution in [-0.4, -0.2) is 85.2 Å². The normalized spacial score (nSPS) is 28.8. The SMILES string of the molecule is CN(C)CCCN1CCC(N2CC(CO)CC2=O)C1. The van der Waals surface area contributed by atoms with E-state index >= 15 is 0 Å². The fraction of sp³-hybridized carbons (Fsp3) is 0.929. The lowest BCUT2D eigenvalue weighted by Gasteiger charge is -2.25. The lowest BCUT2D eigenvalue weighted by molar-refractivity contribution is -0.129. The molecule has 2 fully saturated rings. The Morgan fingerprint density at radius 1 is 1.37 bits per heavy atom. The molecule has 0 spiro atoms. The van der Waals surface area contributed by atoms with Crippen molar-refractivity contribution in [3.8, 4) is 0 Å². The Bertz CT molecular complexity index is 309. The highest BCUT2D eigenvalue weighted by Crippen LogP contribution is 2.24. The summed E-state index contributed by atoms with van der Waals surface area (Å²) in [4.78, 5) is 18.6. The number of aliphatic hydroxyl groups is 1. The first-order valence-corrected chi connectivity index (χ1v) is 7.37. The maximum atomic E-state index is 11.9. The van der Waals surface area contributed by atoms with Crippen molar-refractivity contribution in [2.75, 3.05) is 53.4 Å². The summed E-state index contributed by atoms with van der Waals surface area (Å²) in [6, 6.07) is 0.378. The summed E-state index contributed by atoms with van der Waals surface area (Å²) >= 11 is 0. The Balaban J connectivity index is 1.74. The average Bonchev–Trinajstić information content (AvgIpc) is 2.95. The summed E-state index contributed by atoms with van der Waals surface area (Å²) in [5.74, 6) is 0.398. The van der Waals surface area contributed by atoms with Gasteiger partial charge in [0.2, 0.25) is 5.91 Å². The third-order valence-corrected chi connectivity index (χ3v) is 4.26. The number of aliphatic hydroxyl groups excluding tert-OH is 1. The number of carbonyl (C=O) groups is 1. The van der Waals surface area contributed by atoms with Gasteiger partial charge in [-0.2, -0.15) is 0 Å².